The van der Waals surface area contributed by atoms with Crippen LogP contribution in [0.15, 0.2) is 23.4 Å². The minimum Gasteiger partial charge on any atom is -0.493 e. The SMILES string of the molecule is COCCOC(=O)C1=C(C)NC(=S)NC1c1cc(Cl)c(OC)c(OC)c1. The summed E-state index contributed by atoms with van der Waals surface area (Å²) in [5.41, 5.74) is 1.69. The summed E-state index contributed by atoms with van der Waals surface area (Å²) in [6, 6.07) is 2.90. The molecule has 7 nitrogen and oxygen atoms in total. The van der Waals surface area contributed by atoms with Gasteiger partial charge in [0.05, 0.1) is 37.5 Å². The van der Waals surface area contributed by atoms with Gasteiger partial charge in [0, 0.05) is 12.8 Å². The maximum Gasteiger partial charge on any atom is 0.338 e. The van der Waals surface area contributed by atoms with E-state index in [1.807, 2.05) is 0 Å². The average Bonchev–Trinajstić information content (AvgIpc) is 2.60. The van der Waals surface area contributed by atoms with Crippen LogP contribution < -0.4 is 20.1 Å². The predicted octanol–water partition coefficient (Wildman–Crippen LogP) is 2.34. The van der Waals surface area contributed by atoms with Crippen LogP contribution in [0.4, 0.5) is 0 Å². The molecule has 2 rings (SSSR count). The Balaban J connectivity index is 2.44. The van der Waals surface area contributed by atoms with E-state index in [2.05, 4.69) is 10.6 Å². The van der Waals surface area contributed by atoms with E-state index in [4.69, 9.17) is 42.8 Å². The van der Waals surface area contributed by atoms with E-state index in [0.717, 1.165) is 0 Å². The average molecular weight is 401 g/mol. The number of nitrogens with one attached hydrogen (secondary N) is 2. The maximum absolute atomic E-state index is 12.6. The van der Waals surface area contributed by atoms with Crippen molar-refractivity contribution in [2.24, 2.45) is 0 Å². The van der Waals surface area contributed by atoms with Gasteiger partial charge in [0.25, 0.3) is 0 Å². The Hall–Kier alpha value is -2.03. The second-order valence-electron chi connectivity index (χ2n) is 5.44. The van der Waals surface area contributed by atoms with Crippen molar-refractivity contribution in [1.82, 2.24) is 10.6 Å². The van der Waals surface area contributed by atoms with Gasteiger partial charge in [0.2, 0.25) is 0 Å². The molecule has 9 heteroatoms. The molecule has 0 aromatic heterocycles. The van der Waals surface area contributed by atoms with Gasteiger partial charge in [0.1, 0.15) is 6.61 Å². The van der Waals surface area contributed by atoms with Gasteiger partial charge < -0.3 is 29.6 Å². The smallest absolute Gasteiger partial charge is 0.338 e. The summed E-state index contributed by atoms with van der Waals surface area (Å²) in [6.07, 6.45) is 0. The highest BCUT2D eigenvalue weighted by molar-refractivity contribution is 7.80. The van der Waals surface area contributed by atoms with Crippen LogP contribution in [0, 0.1) is 0 Å². The fourth-order valence-electron chi connectivity index (χ4n) is 2.61. The molecule has 26 heavy (non-hydrogen) atoms. The quantitative estimate of drug-likeness (QED) is 0.410. The van der Waals surface area contributed by atoms with Crippen molar-refractivity contribution in [3.05, 3.63) is 34.0 Å². The zero-order valence-electron chi connectivity index (χ0n) is 15.0. The predicted molar refractivity (Wildman–Crippen MR) is 102 cm³/mol. The number of carbonyl (C=O) groups excluding carboxylic acids is 1. The van der Waals surface area contributed by atoms with Gasteiger partial charge in [-0.1, -0.05) is 11.6 Å². The van der Waals surface area contributed by atoms with Gasteiger partial charge in [-0.15, -0.1) is 0 Å². The molecule has 0 bridgehead atoms. The van der Waals surface area contributed by atoms with Crippen LogP contribution in [0.3, 0.4) is 0 Å². The first-order chi connectivity index (χ1) is 12.4. The summed E-state index contributed by atoms with van der Waals surface area (Å²) in [6.45, 7) is 2.22. The summed E-state index contributed by atoms with van der Waals surface area (Å²) in [5.74, 6) is 0.392. The molecule has 1 unspecified atom stereocenters. The number of carbonyl (C=O) groups is 1. The summed E-state index contributed by atoms with van der Waals surface area (Å²) in [7, 11) is 4.55. The lowest BCUT2D eigenvalue weighted by Crippen LogP contribution is -2.45. The molecule has 142 valence electrons. The third-order valence-electron chi connectivity index (χ3n) is 3.80. The molecule has 0 radical (unpaired) electrons. The Labute approximate surface area is 162 Å². The van der Waals surface area contributed by atoms with Crippen molar-refractivity contribution in [1.29, 1.82) is 0 Å². The molecule has 1 heterocycles. The van der Waals surface area contributed by atoms with Gasteiger partial charge in [-0.2, -0.15) is 0 Å². The zero-order valence-corrected chi connectivity index (χ0v) is 16.5. The molecule has 0 amide bonds. The topological polar surface area (TPSA) is 78.1 Å². The normalized spacial score (nSPS) is 16.7. The Bertz CT molecular complexity index is 738. The maximum atomic E-state index is 12.6. The van der Waals surface area contributed by atoms with E-state index in [-0.39, 0.29) is 6.61 Å². The van der Waals surface area contributed by atoms with Crippen LogP contribution >= 0.6 is 23.8 Å². The minimum absolute atomic E-state index is 0.149. The molecular weight excluding hydrogens is 380 g/mol. The van der Waals surface area contributed by atoms with Crippen molar-refractivity contribution in [2.75, 3.05) is 34.5 Å². The number of benzene rings is 1. The first kappa shape index (κ1) is 20.3. The second-order valence-corrected chi connectivity index (χ2v) is 6.25. The molecule has 0 aliphatic carbocycles. The van der Waals surface area contributed by atoms with E-state index in [0.29, 0.717) is 45.1 Å². The number of allylic oxidation sites excluding steroid dienone is 1. The number of rotatable bonds is 7. The molecule has 0 saturated heterocycles. The van der Waals surface area contributed by atoms with E-state index in [1.165, 1.54) is 21.3 Å². The monoisotopic (exact) mass is 400 g/mol. The second kappa shape index (κ2) is 9.07. The van der Waals surface area contributed by atoms with Crippen LogP contribution in [0.25, 0.3) is 0 Å². The third kappa shape index (κ3) is 4.38. The number of methoxy groups -OCH3 is 3. The van der Waals surface area contributed by atoms with Crippen LogP contribution in [0.1, 0.15) is 18.5 Å². The van der Waals surface area contributed by atoms with Crippen molar-refractivity contribution < 1.29 is 23.7 Å². The molecule has 0 saturated carbocycles. The highest BCUT2D eigenvalue weighted by atomic mass is 35.5. The molecule has 1 aromatic carbocycles. The third-order valence-corrected chi connectivity index (χ3v) is 4.30. The molecule has 1 aromatic rings. The Kier molecular flexibility index (Phi) is 7.07. The lowest BCUT2D eigenvalue weighted by atomic mass is 9.95. The molecule has 0 spiro atoms. The van der Waals surface area contributed by atoms with Crippen molar-refractivity contribution >= 4 is 34.9 Å². The van der Waals surface area contributed by atoms with Crippen molar-refractivity contribution in [3.63, 3.8) is 0 Å². The Morgan fingerprint density at radius 1 is 1.23 bits per heavy atom. The summed E-state index contributed by atoms with van der Waals surface area (Å²) in [5, 5.41) is 6.78. The first-order valence-corrected chi connectivity index (χ1v) is 8.57. The van der Waals surface area contributed by atoms with Gasteiger partial charge in [0.15, 0.2) is 16.6 Å². The summed E-state index contributed by atoms with van der Waals surface area (Å²) in [4.78, 5) is 12.6. The number of hydrogen-bond donors (Lipinski definition) is 2. The standard InChI is InChI=1S/C17H21ClN2O5S/c1-9-13(16(21)25-6-5-22-2)14(20-17(26)19-9)10-7-11(18)15(24-4)12(8-10)23-3/h7-8,14H,5-6H2,1-4H3,(H2,19,20,26). The summed E-state index contributed by atoms with van der Waals surface area (Å²) < 4.78 is 20.8. The van der Waals surface area contributed by atoms with E-state index >= 15 is 0 Å². The number of ether oxygens (including phenoxy) is 4. The molecule has 2 N–H and O–H groups in total. The lowest BCUT2D eigenvalue weighted by Gasteiger charge is -2.30. The van der Waals surface area contributed by atoms with Crippen molar-refractivity contribution in [3.8, 4) is 11.5 Å². The van der Waals surface area contributed by atoms with E-state index < -0.39 is 12.0 Å². The Morgan fingerprint density at radius 3 is 2.58 bits per heavy atom. The Morgan fingerprint density at radius 2 is 1.96 bits per heavy atom. The number of halogens is 1. The zero-order chi connectivity index (χ0) is 19.3. The fourth-order valence-corrected chi connectivity index (χ4v) is 3.18. The molecule has 1 aliphatic rings. The highest BCUT2D eigenvalue weighted by Gasteiger charge is 2.32. The van der Waals surface area contributed by atoms with Crippen molar-refractivity contribution in [2.45, 2.75) is 13.0 Å². The fraction of sp³-hybridized carbons (Fsp3) is 0.412. The largest absolute Gasteiger partial charge is 0.493 e. The van der Waals surface area contributed by atoms with Crippen LogP contribution in [0.2, 0.25) is 5.02 Å². The van der Waals surface area contributed by atoms with Gasteiger partial charge in [-0.3, -0.25) is 0 Å². The van der Waals surface area contributed by atoms with Crippen LogP contribution in [0.5, 0.6) is 11.5 Å². The lowest BCUT2D eigenvalue weighted by molar-refractivity contribution is -0.140. The van der Waals surface area contributed by atoms with Gasteiger partial charge in [-0.25, -0.2) is 4.79 Å². The molecule has 1 aliphatic heterocycles. The number of esters is 1. The van der Waals surface area contributed by atoms with E-state index in [9.17, 15) is 4.79 Å². The number of thiocarbonyl (C=S) groups is 1. The minimum atomic E-state index is -0.545. The van der Waals surface area contributed by atoms with Gasteiger partial charge in [-0.05, 0) is 36.8 Å². The number of hydrogen-bond acceptors (Lipinski definition) is 6. The molecule has 1 atom stereocenters. The van der Waals surface area contributed by atoms with Crippen LogP contribution in [-0.2, 0) is 14.3 Å². The van der Waals surface area contributed by atoms with Gasteiger partial charge >= 0.3 is 5.97 Å². The molecule has 0 fully saturated rings. The first-order valence-electron chi connectivity index (χ1n) is 7.78. The highest BCUT2D eigenvalue weighted by Crippen LogP contribution is 2.39. The van der Waals surface area contributed by atoms with Crippen LogP contribution in [-0.4, -0.2) is 45.6 Å². The van der Waals surface area contributed by atoms with E-state index in [1.54, 1.807) is 19.1 Å². The molecular formula is C17H21ClN2O5S. The summed E-state index contributed by atoms with van der Waals surface area (Å²) >= 11 is 11.5.